The number of benzene rings is 2. The second-order valence-electron chi connectivity index (χ2n) is 7.57. The summed E-state index contributed by atoms with van der Waals surface area (Å²) in [6.07, 6.45) is 0.975. The third-order valence-electron chi connectivity index (χ3n) is 5.27. The Bertz CT molecular complexity index is 830. The second kappa shape index (κ2) is 8.91. The zero-order chi connectivity index (χ0) is 20.1. The first-order valence-corrected chi connectivity index (χ1v) is 9.78. The Balaban J connectivity index is 1.55. The van der Waals surface area contributed by atoms with Crippen LogP contribution in [0.25, 0.3) is 0 Å². The van der Waals surface area contributed by atoms with Crippen molar-refractivity contribution in [2.75, 3.05) is 25.5 Å². The Morgan fingerprint density at radius 2 is 1.89 bits per heavy atom. The van der Waals surface area contributed by atoms with E-state index in [-0.39, 0.29) is 24.2 Å². The molecule has 1 unspecified atom stereocenters. The molecule has 0 saturated carbocycles. The van der Waals surface area contributed by atoms with Gasteiger partial charge >= 0.3 is 0 Å². The number of anilines is 1. The second-order valence-corrected chi connectivity index (χ2v) is 7.57. The predicted molar refractivity (Wildman–Crippen MR) is 111 cm³/mol. The van der Waals surface area contributed by atoms with Gasteiger partial charge in [0, 0.05) is 25.2 Å². The monoisotopic (exact) mass is 380 g/mol. The molecule has 1 aliphatic heterocycles. The van der Waals surface area contributed by atoms with Gasteiger partial charge in [-0.25, -0.2) is 0 Å². The molecule has 1 aliphatic rings. The van der Waals surface area contributed by atoms with Crippen molar-refractivity contribution in [3.05, 3.63) is 59.7 Å². The van der Waals surface area contributed by atoms with Crippen LogP contribution < -0.4 is 10.1 Å². The van der Waals surface area contributed by atoms with Gasteiger partial charge in [-0.2, -0.15) is 0 Å². The molecule has 2 aromatic carbocycles. The molecule has 0 radical (unpaired) electrons. The van der Waals surface area contributed by atoms with Crippen molar-refractivity contribution in [3.8, 4) is 5.75 Å². The summed E-state index contributed by atoms with van der Waals surface area (Å²) in [5, 5.41) is 2.95. The van der Waals surface area contributed by atoms with Crippen molar-refractivity contribution >= 4 is 17.5 Å². The van der Waals surface area contributed by atoms with Crippen molar-refractivity contribution in [1.82, 2.24) is 4.90 Å². The van der Waals surface area contributed by atoms with Crippen molar-refractivity contribution in [3.63, 3.8) is 0 Å². The minimum absolute atomic E-state index is 0.0326. The molecule has 1 N–H and O–H groups in total. The molecule has 1 heterocycles. The maximum atomic E-state index is 12.6. The van der Waals surface area contributed by atoms with Gasteiger partial charge < -0.3 is 15.0 Å². The number of para-hydroxylation sites is 1. The van der Waals surface area contributed by atoms with Gasteiger partial charge in [0.15, 0.2) is 0 Å². The summed E-state index contributed by atoms with van der Waals surface area (Å²) in [5.41, 5.74) is 3.07. The van der Waals surface area contributed by atoms with E-state index >= 15 is 0 Å². The minimum Gasteiger partial charge on any atom is -0.496 e. The van der Waals surface area contributed by atoms with Gasteiger partial charge in [0.1, 0.15) is 5.75 Å². The van der Waals surface area contributed by atoms with Crippen LogP contribution in [0.5, 0.6) is 5.75 Å². The molecular weight excluding hydrogens is 352 g/mol. The van der Waals surface area contributed by atoms with E-state index in [1.165, 1.54) is 5.56 Å². The number of ether oxygens (including phenoxy) is 1. The highest BCUT2D eigenvalue weighted by Crippen LogP contribution is 2.23. The number of methoxy groups -OCH3 is 1. The predicted octanol–water partition coefficient (Wildman–Crippen LogP) is 3.85. The summed E-state index contributed by atoms with van der Waals surface area (Å²) in [7, 11) is 1.65. The molecule has 0 aromatic heterocycles. The smallest absolute Gasteiger partial charge is 0.229 e. The van der Waals surface area contributed by atoms with E-state index in [1.807, 2.05) is 48.5 Å². The first kappa shape index (κ1) is 19.9. The van der Waals surface area contributed by atoms with Crippen LogP contribution in [0.1, 0.15) is 37.3 Å². The Morgan fingerprint density at radius 3 is 2.57 bits per heavy atom. The van der Waals surface area contributed by atoms with Crippen molar-refractivity contribution in [2.45, 2.75) is 32.6 Å². The summed E-state index contributed by atoms with van der Waals surface area (Å²) >= 11 is 0. The topological polar surface area (TPSA) is 58.6 Å². The summed E-state index contributed by atoms with van der Waals surface area (Å²) in [6, 6.07) is 15.7. The highest BCUT2D eigenvalue weighted by atomic mass is 16.5. The Morgan fingerprint density at radius 1 is 1.18 bits per heavy atom. The summed E-state index contributed by atoms with van der Waals surface area (Å²) in [5.74, 6) is 0.910. The molecule has 0 bridgehead atoms. The van der Waals surface area contributed by atoms with Crippen LogP contribution in [-0.2, 0) is 16.0 Å². The molecule has 5 heteroatoms. The zero-order valence-corrected chi connectivity index (χ0v) is 16.8. The van der Waals surface area contributed by atoms with Crippen molar-refractivity contribution < 1.29 is 14.3 Å². The number of hydrogen-bond acceptors (Lipinski definition) is 3. The Kier molecular flexibility index (Phi) is 6.34. The number of nitrogens with zero attached hydrogens (tertiary/aromatic N) is 1. The van der Waals surface area contributed by atoms with Gasteiger partial charge in [-0.15, -0.1) is 0 Å². The molecule has 0 aliphatic carbocycles. The van der Waals surface area contributed by atoms with E-state index in [4.69, 9.17) is 4.74 Å². The Hall–Kier alpha value is -2.82. The van der Waals surface area contributed by atoms with E-state index < -0.39 is 0 Å². The van der Waals surface area contributed by atoms with Crippen LogP contribution in [0.2, 0.25) is 0 Å². The summed E-state index contributed by atoms with van der Waals surface area (Å²) in [6.45, 7) is 5.32. The Labute approximate surface area is 166 Å². The highest BCUT2D eigenvalue weighted by molar-refractivity contribution is 5.97. The molecular formula is C23H28N2O3. The van der Waals surface area contributed by atoms with Crippen molar-refractivity contribution in [2.24, 2.45) is 5.92 Å². The van der Waals surface area contributed by atoms with Gasteiger partial charge in [0.05, 0.1) is 13.0 Å². The molecule has 3 rings (SSSR count). The molecule has 1 saturated heterocycles. The normalized spacial score (nSPS) is 16.5. The number of carbonyl (C=O) groups is 2. The fraction of sp³-hybridized carbons (Fsp3) is 0.391. The average molecular weight is 380 g/mol. The van der Waals surface area contributed by atoms with Gasteiger partial charge in [0.2, 0.25) is 11.8 Å². The number of carbonyl (C=O) groups excluding carboxylic acids is 2. The van der Waals surface area contributed by atoms with Gasteiger partial charge in [-0.1, -0.05) is 44.2 Å². The number of nitrogens with one attached hydrogen (secondary N) is 1. The highest BCUT2D eigenvalue weighted by Gasteiger charge is 2.34. The molecule has 2 aromatic rings. The minimum atomic E-state index is -0.310. The quantitative estimate of drug-likeness (QED) is 0.794. The van der Waals surface area contributed by atoms with E-state index in [1.54, 1.807) is 12.0 Å². The fourth-order valence-corrected chi connectivity index (χ4v) is 3.52. The van der Waals surface area contributed by atoms with E-state index in [9.17, 15) is 9.59 Å². The number of rotatable bonds is 7. The lowest BCUT2D eigenvalue weighted by molar-refractivity contribution is -0.128. The maximum Gasteiger partial charge on any atom is 0.229 e. The maximum absolute atomic E-state index is 12.6. The molecule has 28 heavy (non-hydrogen) atoms. The van der Waals surface area contributed by atoms with Gasteiger partial charge in [-0.3, -0.25) is 9.59 Å². The van der Waals surface area contributed by atoms with Crippen LogP contribution in [0.15, 0.2) is 48.5 Å². The largest absolute Gasteiger partial charge is 0.496 e. The lowest BCUT2D eigenvalue weighted by Gasteiger charge is -2.17. The summed E-state index contributed by atoms with van der Waals surface area (Å²) in [4.78, 5) is 26.7. The standard InChI is InChI=1S/C23H28N2O3/c1-16(2)17-8-10-20(11-9-17)24-23(27)19-14-22(26)25(15-19)13-12-18-6-4-5-7-21(18)28-3/h4-11,16,19H,12-15H2,1-3H3,(H,24,27). The van der Waals surface area contributed by atoms with Crippen LogP contribution in [0.4, 0.5) is 5.69 Å². The zero-order valence-electron chi connectivity index (χ0n) is 16.8. The van der Waals surface area contributed by atoms with Crippen LogP contribution in [0.3, 0.4) is 0 Å². The summed E-state index contributed by atoms with van der Waals surface area (Å²) < 4.78 is 5.37. The first-order chi connectivity index (χ1) is 13.5. The number of likely N-dealkylation sites (tertiary alicyclic amines) is 1. The molecule has 1 atom stereocenters. The first-order valence-electron chi connectivity index (χ1n) is 9.78. The molecule has 0 spiro atoms. The van der Waals surface area contributed by atoms with Crippen LogP contribution in [-0.4, -0.2) is 36.9 Å². The molecule has 1 fully saturated rings. The van der Waals surface area contributed by atoms with Crippen LogP contribution in [0, 0.1) is 5.92 Å². The molecule has 2 amide bonds. The third kappa shape index (κ3) is 4.71. The number of hydrogen-bond donors (Lipinski definition) is 1. The number of amides is 2. The lowest BCUT2D eigenvalue weighted by Crippen LogP contribution is -2.30. The van der Waals surface area contributed by atoms with E-state index in [2.05, 4.69) is 19.2 Å². The molecule has 148 valence electrons. The fourth-order valence-electron chi connectivity index (χ4n) is 3.52. The SMILES string of the molecule is COc1ccccc1CCN1CC(C(=O)Nc2ccc(C(C)C)cc2)CC1=O. The van der Waals surface area contributed by atoms with Gasteiger partial charge in [0.25, 0.3) is 0 Å². The van der Waals surface area contributed by atoms with Crippen molar-refractivity contribution in [1.29, 1.82) is 0 Å². The van der Waals surface area contributed by atoms with E-state index in [0.29, 0.717) is 25.4 Å². The average Bonchev–Trinajstić information content (AvgIpc) is 3.07. The molecule has 5 nitrogen and oxygen atoms in total. The van der Waals surface area contributed by atoms with Gasteiger partial charge in [-0.05, 0) is 41.7 Å². The van der Waals surface area contributed by atoms with E-state index in [0.717, 1.165) is 17.0 Å². The lowest BCUT2D eigenvalue weighted by atomic mass is 10.0. The van der Waals surface area contributed by atoms with Crippen LogP contribution >= 0.6 is 0 Å². The third-order valence-corrected chi connectivity index (χ3v) is 5.27.